The highest BCUT2D eigenvalue weighted by molar-refractivity contribution is 7.89. The molecule has 0 aliphatic carbocycles. The van der Waals surface area contributed by atoms with E-state index in [1.165, 1.54) is 36.9 Å². The van der Waals surface area contributed by atoms with Crippen molar-refractivity contribution in [1.82, 2.24) is 18.8 Å². The van der Waals surface area contributed by atoms with Crippen molar-refractivity contribution in [1.29, 1.82) is 0 Å². The average molecular weight is 394 g/mol. The SMILES string of the molecule is Cn1c(=O)c(=O)n(C)c2cc(S(=O)(=O)NCCCN3CCCC3=O)ccc21. The van der Waals surface area contributed by atoms with Crippen LogP contribution >= 0.6 is 0 Å². The molecule has 1 amide bonds. The summed E-state index contributed by atoms with van der Waals surface area (Å²) in [6.45, 7) is 1.45. The van der Waals surface area contributed by atoms with Crippen LogP contribution in [0.3, 0.4) is 0 Å². The monoisotopic (exact) mass is 394 g/mol. The molecule has 0 unspecified atom stereocenters. The third kappa shape index (κ3) is 3.67. The standard InChI is InChI=1S/C17H22N4O5S/c1-19-13-7-6-12(11-14(13)20(2)17(24)16(19)23)27(25,26)18-8-4-10-21-9-3-5-15(21)22/h6-7,11,18H,3-5,8-10H2,1-2H3. The molecule has 9 nitrogen and oxygen atoms in total. The van der Waals surface area contributed by atoms with Crippen molar-refractivity contribution in [3.63, 3.8) is 0 Å². The molecule has 1 aliphatic rings. The topological polar surface area (TPSA) is 110 Å². The number of benzene rings is 1. The quantitative estimate of drug-likeness (QED) is 0.526. The van der Waals surface area contributed by atoms with E-state index < -0.39 is 21.1 Å². The Morgan fingerprint density at radius 3 is 2.33 bits per heavy atom. The Bertz CT molecular complexity index is 1120. The van der Waals surface area contributed by atoms with Crippen molar-refractivity contribution in [2.75, 3.05) is 19.6 Å². The number of rotatable bonds is 6. The number of nitrogens with one attached hydrogen (secondary N) is 1. The Balaban J connectivity index is 1.78. The molecule has 1 saturated heterocycles. The minimum atomic E-state index is -3.77. The molecule has 0 saturated carbocycles. The first-order valence-electron chi connectivity index (χ1n) is 8.69. The van der Waals surface area contributed by atoms with Crippen molar-refractivity contribution in [3.05, 3.63) is 38.9 Å². The molecule has 3 rings (SSSR count). The highest BCUT2D eigenvalue weighted by Crippen LogP contribution is 2.16. The molecular formula is C17H22N4O5S. The fourth-order valence-corrected chi connectivity index (χ4v) is 4.32. The molecule has 0 radical (unpaired) electrons. The first-order chi connectivity index (χ1) is 12.7. The second kappa shape index (κ2) is 7.28. The van der Waals surface area contributed by atoms with Crippen LogP contribution in [0.5, 0.6) is 0 Å². The molecule has 1 N–H and O–H groups in total. The fourth-order valence-electron chi connectivity index (χ4n) is 3.23. The van der Waals surface area contributed by atoms with Gasteiger partial charge in [-0.25, -0.2) is 13.1 Å². The van der Waals surface area contributed by atoms with Gasteiger partial charge in [-0.15, -0.1) is 0 Å². The number of sulfonamides is 1. The number of amides is 1. The van der Waals surface area contributed by atoms with Gasteiger partial charge in [0, 0.05) is 40.2 Å². The molecule has 0 bridgehead atoms. The zero-order valence-electron chi connectivity index (χ0n) is 15.3. The predicted molar refractivity (Wildman–Crippen MR) is 100 cm³/mol. The van der Waals surface area contributed by atoms with E-state index in [2.05, 4.69) is 4.72 Å². The summed E-state index contributed by atoms with van der Waals surface area (Å²) in [5, 5.41) is 0. The maximum absolute atomic E-state index is 12.5. The number of fused-ring (bicyclic) bond motifs is 1. The highest BCUT2D eigenvalue weighted by Gasteiger charge is 2.20. The van der Waals surface area contributed by atoms with Crippen LogP contribution < -0.4 is 15.8 Å². The Morgan fingerprint density at radius 2 is 1.70 bits per heavy atom. The average Bonchev–Trinajstić information content (AvgIpc) is 3.06. The van der Waals surface area contributed by atoms with Crippen LogP contribution in [0.15, 0.2) is 32.7 Å². The number of likely N-dealkylation sites (tertiary alicyclic amines) is 1. The Kier molecular flexibility index (Phi) is 5.20. The van der Waals surface area contributed by atoms with Gasteiger partial charge in [0.05, 0.1) is 15.9 Å². The number of aromatic nitrogens is 2. The lowest BCUT2D eigenvalue weighted by Crippen LogP contribution is -2.39. The molecule has 2 heterocycles. The number of hydrogen-bond acceptors (Lipinski definition) is 5. The van der Waals surface area contributed by atoms with Gasteiger partial charge in [-0.1, -0.05) is 0 Å². The van der Waals surface area contributed by atoms with Crippen LogP contribution in [0.25, 0.3) is 11.0 Å². The van der Waals surface area contributed by atoms with Gasteiger partial charge < -0.3 is 14.0 Å². The van der Waals surface area contributed by atoms with Crippen molar-refractivity contribution >= 4 is 27.0 Å². The molecule has 0 atom stereocenters. The summed E-state index contributed by atoms with van der Waals surface area (Å²) in [4.78, 5) is 37.1. The third-order valence-electron chi connectivity index (χ3n) is 4.84. The van der Waals surface area contributed by atoms with E-state index in [-0.39, 0.29) is 17.3 Å². The van der Waals surface area contributed by atoms with E-state index in [0.29, 0.717) is 30.4 Å². The van der Waals surface area contributed by atoms with E-state index in [9.17, 15) is 22.8 Å². The lowest BCUT2D eigenvalue weighted by molar-refractivity contribution is -0.127. The van der Waals surface area contributed by atoms with E-state index in [1.54, 1.807) is 4.90 Å². The largest absolute Gasteiger partial charge is 0.343 e. The smallest absolute Gasteiger partial charge is 0.316 e. The highest BCUT2D eigenvalue weighted by atomic mass is 32.2. The van der Waals surface area contributed by atoms with Gasteiger partial charge in [-0.3, -0.25) is 14.4 Å². The summed E-state index contributed by atoms with van der Waals surface area (Å²) < 4.78 is 29.9. The second-order valence-electron chi connectivity index (χ2n) is 6.61. The van der Waals surface area contributed by atoms with Gasteiger partial charge in [-0.05, 0) is 31.0 Å². The Morgan fingerprint density at radius 1 is 1.04 bits per heavy atom. The lowest BCUT2D eigenvalue weighted by atomic mass is 10.3. The molecule has 1 aromatic carbocycles. The van der Waals surface area contributed by atoms with E-state index in [1.807, 2.05) is 0 Å². The summed E-state index contributed by atoms with van der Waals surface area (Å²) in [5.41, 5.74) is -0.570. The molecule has 27 heavy (non-hydrogen) atoms. The molecule has 0 spiro atoms. The Hall–Kier alpha value is -2.46. The Labute approximate surface area is 156 Å². The summed E-state index contributed by atoms with van der Waals surface area (Å²) in [5.74, 6) is 0.110. The molecule has 146 valence electrons. The van der Waals surface area contributed by atoms with Gasteiger partial charge in [0.2, 0.25) is 15.9 Å². The second-order valence-corrected chi connectivity index (χ2v) is 8.38. The molecule has 1 aliphatic heterocycles. The van der Waals surface area contributed by atoms with Crippen LogP contribution in [-0.2, 0) is 28.9 Å². The van der Waals surface area contributed by atoms with Crippen LogP contribution in [0, 0.1) is 0 Å². The molecular weight excluding hydrogens is 372 g/mol. The molecule has 10 heteroatoms. The summed E-state index contributed by atoms with van der Waals surface area (Å²) >= 11 is 0. The lowest BCUT2D eigenvalue weighted by Gasteiger charge is -2.15. The number of carbonyl (C=O) groups excluding carboxylic acids is 1. The summed E-state index contributed by atoms with van der Waals surface area (Å²) in [7, 11) is -0.866. The maximum Gasteiger partial charge on any atom is 0.316 e. The normalized spacial score (nSPS) is 15.0. The van der Waals surface area contributed by atoms with Gasteiger partial charge in [0.1, 0.15) is 0 Å². The minimum absolute atomic E-state index is 0.0147. The van der Waals surface area contributed by atoms with Gasteiger partial charge >= 0.3 is 11.1 Å². The zero-order chi connectivity index (χ0) is 19.8. The van der Waals surface area contributed by atoms with Crippen LogP contribution in [0.1, 0.15) is 19.3 Å². The van der Waals surface area contributed by atoms with Crippen LogP contribution in [0.2, 0.25) is 0 Å². The van der Waals surface area contributed by atoms with E-state index >= 15 is 0 Å². The van der Waals surface area contributed by atoms with Gasteiger partial charge in [0.15, 0.2) is 0 Å². The van der Waals surface area contributed by atoms with Gasteiger partial charge in [-0.2, -0.15) is 0 Å². The van der Waals surface area contributed by atoms with Crippen molar-refractivity contribution < 1.29 is 13.2 Å². The zero-order valence-corrected chi connectivity index (χ0v) is 16.1. The number of nitrogens with zero attached hydrogens (tertiary/aromatic N) is 3. The molecule has 1 fully saturated rings. The minimum Gasteiger partial charge on any atom is -0.343 e. The maximum atomic E-state index is 12.5. The van der Waals surface area contributed by atoms with Crippen LogP contribution in [0.4, 0.5) is 0 Å². The summed E-state index contributed by atoms with van der Waals surface area (Å²) in [6, 6.07) is 4.29. The number of hydrogen-bond donors (Lipinski definition) is 1. The van der Waals surface area contributed by atoms with Crippen LogP contribution in [-0.4, -0.2) is 48.0 Å². The van der Waals surface area contributed by atoms with E-state index in [0.717, 1.165) is 17.5 Å². The first-order valence-corrected chi connectivity index (χ1v) is 10.2. The number of aryl methyl sites for hydroxylation is 2. The third-order valence-corrected chi connectivity index (χ3v) is 6.30. The van der Waals surface area contributed by atoms with E-state index in [4.69, 9.17) is 0 Å². The van der Waals surface area contributed by atoms with Crippen molar-refractivity contribution in [2.24, 2.45) is 14.1 Å². The van der Waals surface area contributed by atoms with Crippen molar-refractivity contribution in [3.8, 4) is 0 Å². The molecule has 2 aromatic rings. The fraction of sp³-hybridized carbons (Fsp3) is 0.471. The number of carbonyl (C=O) groups is 1. The first kappa shape index (κ1) is 19.3. The summed E-state index contributed by atoms with van der Waals surface area (Å²) in [6.07, 6.45) is 1.93. The predicted octanol–water partition coefficient (Wildman–Crippen LogP) is -0.472. The van der Waals surface area contributed by atoms with Crippen molar-refractivity contribution in [2.45, 2.75) is 24.2 Å². The van der Waals surface area contributed by atoms with Gasteiger partial charge in [0.25, 0.3) is 0 Å². The molecule has 1 aromatic heterocycles.